The van der Waals surface area contributed by atoms with Crippen LogP contribution in [0.4, 0.5) is 5.69 Å². The zero-order valence-electron chi connectivity index (χ0n) is 8.68. The van der Waals surface area contributed by atoms with Crippen molar-refractivity contribution in [3.05, 3.63) is 45.4 Å². The Hall–Kier alpha value is -1.59. The molecule has 0 fully saturated rings. The summed E-state index contributed by atoms with van der Waals surface area (Å²) in [5, 5.41) is 15.1. The maximum atomic E-state index is 11.1. The summed E-state index contributed by atoms with van der Waals surface area (Å²) in [6, 6.07) is 4.95. The molecular weight excluding hydrogens is 260 g/mol. The fourth-order valence-corrected chi connectivity index (χ4v) is 2.21. The van der Waals surface area contributed by atoms with Crippen molar-refractivity contribution in [1.29, 1.82) is 0 Å². The highest BCUT2D eigenvalue weighted by atomic mass is 35.5. The van der Waals surface area contributed by atoms with Gasteiger partial charge in [-0.05, 0) is 12.1 Å². The lowest BCUT2D eigenvalue weighted by Gasteiger charge is -2.09. The van der Waals surface area contributed by atoms with E-state index >= 15 is 0 Å². The van der Waals surface area contributed by atoms with Gasteiger partial charge in [-0.25, -0.2) is 9.78 Å². The number of hydrogen-bond acceptors (Lipinski definition) is 4. The third-order valence-corrected chi connectivity index (χ3v) is 3.24. The molecule has 0 saturated heterocycles. The first kappa shape index (κ1) is 11.9. The summed E-state index contributed by atoms with van der Waals surface area (Å²) >= 11 is 7.36. The predicted molar refractivity (Wildman–Crippen MR) is 67.9 cm³/mol. The summed E-state index contributed by atoms with van der Waals surface area (Å²) in [5.41, 5.74) is 0.589. The SMILES string of the molecule is O=C(O)c1c(Cl)cccc1NCc1nccs1. The van der Waals surface area contributed by atoms with Gasteiger partial charge >= 0.3 is 5.97 Å². The van der Waals surface area contributed by atoms with Crippen LogP contribution in [0.5, 0.6) is 0 Å². The minimum absolute atomic E-state index is 0.0886. The van der Waals surface area contributed by atoms with Crippen molar-refractivity contribution in [3.8, 4) is 0 Å². The number of halogens is 1. The molecule has 0 radical (unpaired) electrons. The molecule has 2 aromatic rings. The molecule has 0 aliphatic heterocycles. The number of anilines is 1. The normalized spacial score (nSPS) is 10.2. The zero-order chi connectivity index (χ0) is 12.3. The summed E-state index contributed by atoms with van der Waals surface area (Å²) in [6.07, 6.45) is 1.71. The molecule has 4 nitrogen and oxygen atoms in total. The van der Waals surface area contributed by atoms with E-state index in [9.17, 15) is 4.79 Å². The number of rotatable bonds is 4. The van der Waals surface area contributed by atoms with Gasteiger partial charge in [0.15, 0.2) is 0 Å². The summed E-state index contributed by atoms with van der Waals surface area (Å²) in [4.78, 5) is 15.2. The number of nitrogens with zero attached hydrogens (tertiary/aromatic N) is 1. The lowest BCUT2D eigenvalue weighted by molar-refractivity contribution is 0.0698. The van der Waals surface area contributed by atoms with Crippen molar-refractivity contribution in [2.75, 3.05) is 5.32 Å². The summed E-state index contributed by atoms with van der Waals surface area (Å²) < 4.78 is 0. The molecule has 0 atom stereocenters. The van der Waals surface area contributed by atoms with E-state index in [2.05, 4.69) is 10.3 Å². The Morgan fingerprint density at radius 2 is 2.35 bits per heavy atom. The number of nitrogens with one attached hydrogen (secondary N) is 1. The molecule has 0 saturated carbocycles. The minimum atomic E-state index is -1.04. The van der Waals surface area contributed by atoms with Gasteiger partial charge in [-0.2, -0.15) is 0 Å². The molecule has 17 heavy (non-hydrogen) atoms. The number of aromatic nitrogens is 1. The van der Waals surface area contributed by atoms with Crippen molar-refractivity contribution in [2.45, 2.75) is 6.54 Å². The standard InChI is InChI=1S/C11H9ClN2O2S/c12-7-2-1-3-8(10(7)11(15)16)14-6-9-13-4-5-17-9/h1-5,14H,6H2,(H,15,16). The van der Waals surface area contributed by atoms with Crippen LogP contribution < -0.4 is 5.32 Å². The van der Waals surface area contributed by atoms with Crippen LogP contribution >= 0.6 is 22.9 Å². The predicted octanol–water partition coefficient (Wildman–Crippen LogP) is 3.11. The number of carboxylic acids is 1. The van der Waals surface area contributed by atoms with Gasteiger partial charge in [-0.3, -0.25) is 0 Å². The molecule has 0 bridgehead atoms. The second-order valence-electron chi connectivity index (χ2n) is 3.25. The number of thiazole rings is 1. The molecule has 0 amide bonds. The number of carboxylic acid groups (broad SMARTS) is 1. The Balaban J connectivity index is 2.21. The van der Waals surface area contributed by atoms with E-state index in [1.807, 2.05) is 5.38 Å². The first-order chi connectivity index (χ1) is 8.18. The first-order valence-corrected chi connectivity index (χ1v) is 6.08. The highest BCUT2D eigenvalue weighted by Gasteiger charge is 2.13. The van der Waals surface area contributed by atoms with Gasteiger partial charge in [-0.1, -0.05) is 17.7 Å². The Labute approximate surface area is 107 Å². The van der Waals surface area contributed by atoms with Crippen LogP contribution in [0.3, 0.4) is 0 Å². The topological polar surface area (TPSA) is 62.2 Å². The van der Waals surface area contributed by atoms with Crippen molar-refractivity contribution in [1.82, 2.24) is 4.98 Å². The highest BCUT2D eigenvalue weighted by Crippen LogP contribution is 2.24. The molecule has 2 N–H and O–H groups in total. The van der Waals surface area contributed by atoms with E-state index in [1.165, 1.54) is 11.3 Å². The Morgan fingerprint density at radius 3 is 3.00 bits per heavy atom. The van der Waals surface area contributed by atoms with Crippen molar-refractivity contribution < 1.29 is 9.90 Å². The molecule has 2 rings (SSSR count). The van der Waals surface area contributed by atoms with Crippen molar-refractivity contribution in [2.24, 2.45) is 0 Å². The highest BCUT2D eigenvalue weighted by molar-refractivity contribution is 7.09. The van der Waals surface area contributed by atoms with Gasteiger partial charge in [0.25, 0.3) is 0 Å². The molecule has 0 unspecified atom stereocenters. The molecule has 1 heterocycles. The molecule has 1 aromatic heterocycles. The lowest BCUT2D eigenvalue weighted by atomic mass is 10.2. The van der Waals surface area contributed by atoms with Gasteiger partial charge in [0, 0.05) is 11.6 Å². The number of carbonyl (C=O) groups is 1. The maximum Gasteiger partial charge on any atom is 0.339 e. The van der Waals surface area contributed by atoms with Crippen LogP contribution in [-0.4, -0.2) is 16.1 Å². The van der Waals surface area contributed by atoms with Crippen LogP contribution in [0.1, 0.15) is 15.4 Å². The number of hydrogen-bond donors (Lipinski definition) is 2. The molecule has 6 heteroatoms. The Bertz CT molecular complexity index is 528. The molecule has 88 valence electrons. The maximum absolute atomic E-state index is 11.1. The fourth-order valence-electron chi connectivity index (χ4n) is 1.40. The van der Waals surface area contributed by atoms with Gasteiger partial charge in [0.05, 0.1) is 17.3 Å². The smallest absolute Gasteiger partial charge is 0.339 e. The average Bonchev–Trinajstić information content (AvgIpc) is 2.78. The van der Waals surface area contributed by atoms with Crippen LogP contribution in [0.2, 0.25) is 5.02 Å². The summed E-state index contributed by atoms with van der Waals surface area (Å²) in [5.74, 6) is -1.04. The van der Waals surface area contributed by atoms with Gasteiger partial charge in [-0.15, -0.1) is 11.3 Å². The van der Waals surface area contributed by atoms with Crippen LogP contribution in [-0.2, 0) is 6.54 Å². The lowest BCUT2D eigenvalue weighted by Crippen LogP contribution is -2.06. The van der Waals surface area contributed by atoms with Gasteiger partial charge < -0.3 is 10.4 Å². The van der Waals surface area contributed by atoms with E-state index in [0.29, 0.717) is 12.2 Å². The summed E-state index contributed by atoms with van der Waals surface area (Å²) in [7, 11) is 0. The molecule has 0 aliphatic carbocycles. The molecule has 0 spiro atoms. The van der Waals surface area contributed by atoms with Crippen LogP contribution in [0.15, 0.2) is 29.8 Å². The van der Waals surface area contributed by atoms with Gasteiger partial charge in [0.2, 0.25) is 0 Å². The van der Waals surface area contributed by atoms with Crippen LogP contribution in [0, 0.1) is 0 Å². The average molecular weight is 269 g/mol. The fraction of sp³-hybridized carbons (Fsp3) is 0.0909. The van der Waals surface area contributed by atoms with E-state index in [4.69, 9.17) is 16.7 Å². The molecule has 1 aromatic carbocycles. The monoisotopic (exact) mass is 268 g/mol. The third kappa shape index (κ3) is 2.75. The molecule has 0 aliphatic rings. The Kier molecular flexibility index (Phi) is 3.61. The minimum Gasteiger partial charge on any atom is -0.478 e. The quantitative estimate of drug-likeness (QED) is 0.894. The molecular formula is C11H9ClN2O2S. The van der Waals surface area contributed by atoms with E-state index < -0.39 is 5.97 Å². The van der Waals surface area contributed by atoms with Crippen LogP contribution in [0.25, 0.3) is 0 Å². The van der Waals surface area contributed by atoms with E-state index in [1.54, 1.807) is 24.4 Å². The second kappa shape index (κ2) is 5.16. The van der Waals surface area contributed by atoms with Crippen molar-refractivity contribution >= 4 is 34.6 Å². The largest absolute Gasteiger partial charge is 0.478 e. The zero-order valence-corrected chi connectivity index (χ0v) is 10.3. The second-order valence-corrected chi connectivity index (χ2v) is 4.63. The van der Waals surface area contributed by atoms with Gasteiger partial charge in [0.1, 0.15) is 10.6 Å². The van der Waals surface area contributed by atoms with E-state index in [-0.39, 0.29) is 10.6 Å². The summed E-state index contributed by atoms with van der Waals surface area (Å²) in [6.45, 7) is 0.484. The first-order valence-electron chi connectivity index (χ1n) is 4.82. The number of benzene rings is 1. The van der Waals surface area contributed by atoms with E-state index in [0.717, 1.165) is 5.01 Å². The Morgan fingerprint density at radius 1 is 1.53 bits per heavy atom. The third-order valence-electron chi connectivity index (χ3n) is 2.14. The number of aromatic carboxylic acids is 1. The van der Waals surface area contributed by atoms with Crippen molar-refractivity contribution in [3.63, 3.8) is 0 Å².